The number of nitrogens with zero attached hydrogens (tertiary/aromatic N) is 2. The minimum atomic E-state index is -1.05. The van der Waals surface area contributed by atoms with Crippen LogP contribution in [0.3, 0.4) is 0 Å². The van der Waals surface area contributed by atoms with E-state index in [2.05, 4.69) is 19.2 Å². The number of hydrogen-bond donors (Lipinski definition) is 4. The number of carbonyl (C=O) groups is 1. The molecule has 0 radical (unpaired) electrons. The highest BCUT2D eigenvalue weighted by Crippen LogP contribution is 2.42. The first kappa shape index (κ1) is 25.2. The van der Waals surface area contributed by atoms with Gasteiger partial charge in [0, 0.05) is 30.3 Å². The Morgan fingerprint density at radius 2 is 2.06 bits per heavy atom. The molecule has 34 heavy (non-hydrogen) atoms. The van der Waals surface area contributed by atoms with Gasteiger partial charge in [-0.25, -0.2) is 0 Å². The molecule has 8 heteroatoms. The Morgan fingerprint density at radius 3 is 2.71 bits per heavy atom. The minimum absolute atomic E-state index is 0.0575. The first-order valence-corrected chi connectivity index (χ1v) is 12.6. The Morgan fingerprint density at radius 1 is 1.32 bits per heavy atom. The maximum absolute atomic E-state index is 13.0. The maximum Gasteiger partial charge on any atom is 0.252 e. The quantitative estimate of drug-likeness (QED) is 0.450. The summed E-state index contributed by atoms with van der Waals surface area (Å²) in [5, 5.41) is 29.5. The highest BCUT2D eigenvalue weighted by molar-refractivity contribution is 6.34. The van der Waals surface area contributed by atoms with Crippen LogP contribution in [-0.4, -0.2) is 50.2 Å². The van der Waals surface area contributed by atoms with Crippen molar-refractivity contribution in [2.24, 2.45) is 11.1 Å². The molecule has 2 unspecified atom stereocenters. The lowest BCUT2D eigenvalue weighted by Crippen LogP contribution is -2.48. The van der Waals surface area contributed by atoms with E-state index in [1.165, 1.54) is 0 Å². The average Bonchev–Trinajstić information content (AvgIpc) is 3.52. The molecule has 2 atom stereocenters. The van der Waals surface area contributed by atoms with Crippen molar-refractivity contribution in [3.05, 3.63) is 40.5 Å². The summed E-state index contributed by atoms with van der Waals surface area (Å²) in [5.74, 6) is 0.127. The fraction of sp³-hybridized carbons (Fsp3) is 0.615. The van der Waals surface area contributed by atoms with Crippen molar-refractivity contribution >= 4 is 17.5 Å². The summed E-state index contributed by atoms with van der Waals surface area (Å²) < 4.78 is 1.84. The standard InChI is InChI=1S/C26H37ClN4O3/c1-24(2)9-4-10-26(34,13-24)15-29-23(32)19-11-18(7-8-20(19)27)21-12-22(17-5-6-17)31(30-21)16-25(3,33)14-28/h7-8,11-12,17,33-34H,4-6,9-10,13-16,28H2,1-3H3,(H,29,32). The smallest absolute Gasteiger partial charge is 0.252 e. The van der Waals surface area contributed by atoms with E-state index >= 15 is 0 Å². The number of benzene rings is 1. The van der Waals surface area contributed by atoms with Crippen molar-refractivity contribution in [3.8, 4) is 11.3 Å². The van der Waals surface area contributed by atoms with Crippen molar-refractivity contribution in [3.63, 3.8) is 0 Å². The molecule has 5 N–H and O–H groups in total. The lowest BCUT2D eigenvalue weighted by molar-refractivity contribution is -0.0361. The molecule has 1 heterocycles. The van der Waals surface area contributed by atoms with E-state index in [1.807, 2.05) is 16.8 Å². The fourth-order valence-corrected chi connectivity index (χ4v) is 5.31. The third-order valence-corrected chi connectivity index (χ3v) is 7.45. The van der Waals surface area contributed by atoms with Crippen LogP contribution >= 0.6 is 11.6 Å². The molecule has 0 bridgehead atoms. The molecule has 186 valence electrons. The van der Waals surface area contributed by atoms with Gasteiger partial charge in [-0.1, -0.05) is 31.5 Å². The van der Waals surface area contributed by atoms with Gasteiger partial charge in [0.25, 0.3) is 5.91 Å². The summed E-state index contributed by atoms with van der Waals surface area (Å²) in [6.45, 7) is 6.66. The zero-order chi connectivity index (χ0) is 24.7. The van der Waals surface area contributed by atoms with Gasteiger partial charge in [0.2, 0.25) is 0 Å². The van der Waals surface area contributed by atoms with Crippen LogP contribution in [-0.2, 0) is 6.54 Å². The zero-order valence-electron chi connectivity index (χ0n) is 20.4. The Labute approximate surface area is 206 Å². The first-order chi connectivity index (χ1) is 15.9. The summed E-state index contributed by atoms with van der Waals surface area (Å²) in [5.41, 5.74) is 6.77. The summed E-state index contributed by atoms with van der Waals surface area (Å²) in [6.07, 6.45) is 5.56. The Balaban J connectivity index is 1.54. The Hall–Kier alpha value is -1.93. The van der Waals surface area contributed by atoms with Gasteiger partial charge in [0.15, 0.2) is 0 Å². The minimum Gasteiger partial charge on any atom is -0.388 e. The van der Waals surface area contributed by atoms with E-state index in [0.717, 1.165) is 42.6 Å². The van der Waals surface area contributed by atoms with Gasteiger partial charge < -0.3 is 21.3 Å². The second-order valence-corrected chi connectivity index (χ2v) is 11.8. The lowest BCUT2D eigenvalue weighted by atomic mass is 9.70. The molecule has 2 fully saturated rings. The van der Waals surface area contributed by atoms with Crippen molar-refractivity contribution in [2.45, 2.75) is 83.0 Å². The molecular formula is C26H37ClN4O3. The molecule has 0 spiro atoms. The average molecular weight is 489 g/mol. The van der Waals surface area contributed by atoms with Crippen LogP contribution in [0.25, 0.3) is 11.3 Å². The number of aliphatic hydroxyl groups is 2. The van der Waals surface area contributed by atoms with E-state index in [0.29, 0.717) is 35.9 Å². The molecule has 2 aromatic rings. The number of carbonyl (C=O) groups excluding carboxylic acids is 1. The first-order valence-electron chi connectivity index (χ1n) is 12.2. The van der Waals surface area contributed by atoms with Crippen molar-refractivity contribution in [2.75, 3.05) is 13.1 Å². The molecule has 4 rings (SSSR count). The highest BCUT2D eigenvalue weighted by Gasteiger charge is 2.38. The maximum atomic E-state index is 13.0. The Kier molecular flexibility index (Phi) is 6.86. The highest BCUT2D eigenvalue weighted by atomic mass is 35.5. The van der Waals surface area contributed by atoms with E-state index in [-0.39, 0.29) is 24.4 Å². The van der Waals surface area contributed by atoms with Gasteiger partial charge in [0.05, 0.1) is 34.0 Å². The fourth-order valence-electron chi connectivity index (χ4n) is 5.11. The zero-order valence-corrected chi connectivity index (χ0v) is 21.2. The molecule has 2 aliphatic carbocycles. The van der Waals surface area contributed by atoms with Crippen LogP contribution in [0.2, 0.25) is 5.02 Å². The molecule has 1 aromatic heterocycles. The monoisotopic (exact) mass is 488 g/mol. The van der Waals surface area contributed by atoms with Crippen LogP contribution in [0.15, 0.2) is 24.3 Å². The molecule has 0 aliphatic heterocycles. The molecule has 1 aromatic carbocycles. The molecular weight excluding hydrogens is 452 g/mol. The second kappa shape index (κ2) is 9.26. The molecule has 0 saturated heterocycles. The number of halogens is 1. The van der Waals surface area contributed by atoms with Gasteiger partial charge in [-0.2, -0.15) is 5.10 Å². The second-order valence-electron chi connectivity index (χ2n) is 11.4. The van der Waals surface area contributed by atoms with E-state index in [9.17, 15) is 15.0 Å². The van der Waals surface area contributed by atoms with Gasteiger partial charge in [0.1, 0.15) is 0 Å². The predicted molar refractivity (Wildman–Crippen MR) is 134 cm³/mol. The Bertz CT molecular complexity index is 1060. The van der Waals surface area contributed by atoms with E-state index < -0.39 is 11.2 Å². The van der Waals surface area contributed by atoms with Crippen LogP contribution < -0.4 is 11.1 Å². The van der Waals surface area contributed by atoms with Crippen LogP contribution in [0.1, 0.15) is 81.3 Å². The predicted octanol–water partition coefficient (Wildman–Crippen LogP) is 3.85. The van der Waals surface area contributed by atoms with Gasteiger partial charge >= 0.3 is 0 Å². The third-order valence-electron chi connectivity index (χ3n) is 7.12. The van der Waals surface area contributed by atoms with Gasteiger partial charge in [-0.15, -0.1) is 0 Å². The van der Waals surface area contributed by atoms with Crippen molar-refractivity contribution in [1.29, 1.82) is 0 Å². The van der Waals surface area contributed by atoms with Crippen LogP contribution in [0.4, 0.5) is 0 Å². The number of amides is 1. The SMILES string of the molecule is CC1(C)CCCC(O)(CNC(=O)c2cc(-c3cc(C4CC4)n(CC(C)(O)CN)n3)ccc2Cl)C1. The van der Waals surface area contributed by atoms with Crippen LogP contribution in [0.5, 0.6) is 0 Å². The number of aromatic nitrogens is 2. The van der Waals surface area contributed by atoms with Gasteiger partial charge in [-0.05, 0) is 69.1 Å². The molecule has 2 aliphatic rings. The summed E-state index contributed by atoms with van der Waals surface area (Å²) in [6, 6.07) is 7.33. The number of hydrogen-bond acceptors (Lipinski definition) is 5. The number of nitrogens with two attached hydrogens (primary N) is 1. The number of rotatable bonds is 8. The normalized spacial score (nSPS) is 24.0. The summed E-state index contributed by atoms with van der Waals surface area (Å²) >= 11 is 6.39. The van der Waals surface area contributed by atoms with E-state index in [4.69, 9.17) is 22.4 Å². The van der Waals surface area contributed by atoms with Gasteiger partial charge in [-0.3, -0.25) is 9.48 Å². The van der Waals surface area contributed by atoms with E-state index in [1.54, 1.807) is 19.1 Å². The van der Waals surface area contributed by atoms with Crippen molar-refractivity contribution < 1.29 is 15.0 Å². The number of nitrogens with one attached hydrogen (secondary N) is 1. The third kappa shape index (κ3) is 5.82. The lowest BCUT2D eigenvalue weighted by Gasteiger charge is -2.41. The topological polar surface area (TPSA) is 113 Å². The molecule has 2 saturated carbocycles. The summed E-state index contributed by atoms with van der Waals surface area (Å²) in [7, 11) is 0. The molecule has 7 nitrogen and oxygen atoms in total. The largest absolute Gasteiger partial charge is 0.388 e. The van der Waals surface area contributed by atoms with Crippen molar-refractivity contribution in [1.82, 2.24) is 15.1 Å². The summed E-state index contributed by atoms with van der Waals surface area (Å²) in [4.78, 5) is 13.0. The van der Waals surface area contributed by atoms with Crippen LogP contribution in [0, 0.1) is 5.41 Å². The molecule has 1 amide bonds.